The molecule has 0 aliphatic heterocycles. The molecule has 0 unspecified atom stereocenters. The number of aryl methyl sites for hydroxylation is 2. The number of likely N-dealkylation sites (N-methyl/N-ethyl adjacent to an activating group) is 1. The van der Waals surface area contributed by atoms with E-state index in [-0.39, 0.29) is 11.9 Å². The molecule has 4 nitrogen and oxygen atoms in total. The van der Waals surface area contributed by atoms with Crippen LogP contribution in [0.1, 0.15) is 48.8 Å². The summed E-state index contributed by atoms with van der Waals surface area (Å²) >= 11 is 0. The molecule has 0 fully saturated rings. The maximum atomic E-state index is 12.9. The minimum Gasteiger partial charge on any atom is -0.336 e. The third-order valence-corrected chi connectivity index (χ3v) is 4.60. The molecule has 0 saturated heterocycles. The third kappa shape index (κ3) is 3.63. The summed E-state index contributed by atoms with van der Waals surface area (Å²) in [7, 11) is 1.92. The number of carbonyl (C=O) groups excluding carboxylic acids is 1. The third-order valence-electron chi connectivity index (χ3n) is 4.60. The van der Waals surface area contributed by atoms with Crippen molar-refractivity contribution in [1.82, 2.24) is 14.7 Å². The average molecular weight is 313 g/mol. The molecule has 0 aliphatic rings. The van der Waals surface area contributed by atoms with Crippen LogP contribution in [0.4, 0.5) is 0 Å². The molecule has 23 heavy (non-hydrogen) atoms. The fraction of sp³-hybridized carbons (Fsp3) is 0.474. The molecule has 1 aromatic heterocycles. The van der Waals surface area contributed by atoms with Gasteiger partial charge in [0.1, 0.15) is 0 Å². The lowest BCUT2D eigenvalue weighted by Gasteiger charge is -2.31. The van der Waals surface area contributed by atoms with E-state index in [2.05, 4.69) is 24.2 Å². The van der Waals surface area contributed by atoms with Gasteiger partial charge < -0.3 is 4.90 Å². The maximum absolute atomic E-state index is 12.9. The van der Waals surface area contributed by atoms with Gasteiger partial charge in [-0.25, -0.2) is 0 Å². The van der Waals surface area contributed by atoms with Crippen molar-refractivity contribution in [2.45, 2.75) is 46.6 Å². The summed E-state index contributed by atoms with van der Waals surface area (Å²) in [4.78, 5) is 14.9. The van der Waals surface area contributed by atoms with E-state index in [0.717, 1.165) is 23.4 Å². The Labute approximate surface area is 139 Å². The van der Waals surface area contributed by atoms with Crippen LogP contribution >= 0.6 is 0 Å². The second kappa shape index (κ2) is 7.44. The van der Waals surface area contributed by atoms with Crippen LogP contribution in [0.15, 0.2) is 30.3 Å². The molecule has 0 saturated carbocycles. The molecule has 0 spiro atoms. The highest BCUT2D eigenvalue weighted by molar-refractivity contribution is 5.79. The topological polar surface area (TPSA) is 38.1 Å². The Morgan fingerprint density at radius 2 is 1.87 bits per heavy atom. The smallest absolute Gasteiger partial charge is 0.227 e. The second-order valence-electron chi connectivity index (χ2n) is 5.96. The van der Waals surface area contributed by atoms with Gasteiger partial charge in [-0.15, -0.1) is 0 Å². The Hall–Kier alpha value is -2.10. The fourth-order valence-corrected chi connectivity index (χ4v) is 3.21. The molecule has 0 aliphatic carbocycles. The molecule has 0 N–H and O–H groups in total. The highest BCUT2D eigenvalue weighted by Crippen LogP contribution is 2.25. The number of nitrogens with zero attached hydrogens (tertiary/aromatic N) is 3. The van der Waals surface area contributed by atoms with Crippen LogP contribution < -0.4 is 0 Å². The number of amides is 1. The zero-order valence-electron chi connectivity index (χ0n) is 14.8. The SMILES string of the molecule is CC[C@@H](c1ccccc1)N(CC)C(=O)Cc1c(C)nn(C)c1C. The van der Waals surface area contributed by atoms with Crippen molar-refractivity contribution in [3.8, 4) is 0 Å². The van der Waals surface area contributed by atoms with Gasteiger partial charge in [-0.3, -0.25) is 9.48 Å². The molecule has 2 aromatic rings. The summed E-state index contributed by atoms with van der Waals surface area (Å²) in [5.41, 5.74) is 4.27. The van der Waals surface area contributed by atoms with Crippen molar-refractivity contribution >= 4 is 5.91 Å². The van der Waals surface area contributed by atoms with E-state index < -0.39 is 0 Å². The van der Waals surface area contributed by atoms with Crippen LogP contribution in [-0.2, 0) is 18.3 Å². The zero-order valence-corrected chi connectivity index (χ0v) is 14.8. The summed E-state index contributed by atoms with van der Waals surface area (Å²) in [6, 6.07) is 10.4. The van der Waals surface area contributed by atoms with Crippen molar-refractivity contribution in [2.24, 2.45) is 7.05 Å². The second-order valence-corrected chi connectivity index (χ2v) is 5.96. The highest BCUT2D eigenvalue weighted by Gasteiger charge is 2.24. The van der Waals surface area contributed by atoms with Crippen LogP contribution in [0.5, 0.6) is 0 Å². The lowest BCUT2D eigenvalue weighted by molar-refractivity contribution is -0.132. The summed E-state index contributed by atoms with van der Waals surface area (Å²) in [5, 5.41) is 4.42. The van der Waals surface area contributed by atoms with E-state index in [1.54, 1.807) is 0 Å². The van der Waals surface area contributed by atoms with Gasteiger partial charge in [-0.1, -0.05) is 37.3 Å². The predicted octanol–water partition coefficient (Wildman–Crippen LogP) is 3.58. The van der Waals surface area contributed by atoms with Crippen LogP contribution in [0.25, 0.3) is 0 Å². The first kappa shape index (κ1) is 17.3. The van der Waals surface area contributed by atoms with Gasteiger partial charge in [0.05, 0.1) is 18.2 Å². The fourth-order valence-electron chi connectivity index (χ4n) is 3.21. The normalized spacial score (nSPS) is 12.2. The van der Waals surface area contributed by atoms with Gasteiger partial charge in [0.15, 0.2) is 0 Å². The van der Waals surface area contributed by atoms with Crippen molar-refractivity contribution in [2.75, 3.05) is 6.54 Å². The van der Waals surface area contributed by atoms with E-state index in [9.17, 15) is 4.79 Å². The van der Waals surface area contributed by atoms with E-state index in [1.165, 1.54) is 5.56 Å². The molecule has 0 radical (unpaired) electrons. The Morgan fingerprint density at radius 1 is 1.22 bits per heavy atom. The Bertz CT molecular complexity index is 661. The average Bonchev–Trinajstić information content (AvgIpc) is 2.79. The van der Waals surface area contributed by atoms with Crippen LogP contribution in [0.3, 0.4) is 0 Å². The van der Waals surface area contributed by atoms with Gasteiger partial charge in [0.2, 0.25) is 5.91 Å². The van der Waals surface area contributed by atoms with E-state index >= 15 is 0 Å². The summed E-state index contributed by atoms with van der Waals surface area (Å²) in [6.45, 7) is 8.89. The minimum atomic E-state index is 0.131. The molecule has 2 rings (SSSR count). The monoisotopic (exact) mass is 313 g/mol. The quantitative estimate of drug-likeness (QED) is 0.817. The van der Waals surface area contributed by atoms with Crippen molar-refractivity contribution in [1.29, 1.82) is 0 Å². The minimum absolute atomic E-state index is 0.131. The number of benzene rings is 1. The van der Waals surface area contributed by atoms with Crippen LogP contribution in [0, 0.1) is 13.8 Å². The number of hydrogen-bond donors (Lipinski definition) is 0. The first-order valence-electron chi connectivity index (χ1n) is 8.33. The molecule has 4 heteroatoms. The number of rotatable bonds is 6. The molecule has 124 valence electrons. The number of carbonyl (C=O) groups is 1. The van der Waals surface area contributed by atoms with E-state index in [1.807, 2.05) is 55.6 Å². The van der Waals surface area contributed by atoms with Gasteiger partial charge in [0.25, 0.3) is 0 Å². The van der Waals surface area contributed by atoms with Crippen LogP contribution in [0.2, 0.25) is 0 Å². The Morgan fingerprint density at radius 3 is 2.35 bits per heavy atom. The predicted molar refractivity (Wildman–Crippen MR) is 93.2 cm³/mol. The maximum Gasteiger partial charge on any atom is 0.227 e. The Balaban J connectivity index is 2.24. The lowest BCUT2D eigenvalue weighted by atomic mass is 10.0. The highest BCUT2D eigenvalue weighted by atomic mass is 16.2. The summed E-state index contributed by atoms with van der Waals surface area (Å²) < 4.78 is 1.85. The first-order valence-corrected chi connectivity index (χ1v) is 8.33. The molecule has 1 amide bonds. The largest absolute Gasteiger partial charge is 0.336 e. The summed E-state index contributed by atoms with van der Waals surface area (Å²) in [6.07, 6.45) is 1.33. The van der Waals surface area contributed by atoms with Crippen molar-refractivity contribution in [3.63, 3.8) is 0 Å². The van der Waals surface area contributed by atoms with E-state index in [0.29, 0.717) is 13.0 Å². The molecule has 1 heterocycles. The first-order chi connectivity index (χ1) is 11.0. The molecule has 1 atom stereocenters. The number of aromatic nitrogens is 2. The number of hydrogen-bond acceptors (Lipinski definition) is 2. The van der Waals surface area contributed by atoms with Gasteiger partial charge >= 0.3 is 0 Å². The van der Waals surface area contributed by atoms with Gasteiger partial charge in [0, 0.05) is 24.8 Å². The molecule has 1 aromatic carbocycles. The zero-order chi connectivity index (χ0) is 17.0. The van der Waals surface area contributed by atoms with Gasteiger partial charge in [-0.05, 0) is 32.8 Å². The molecular weight excluding hydrogens is 286 g/mol. The standard InChI is InChI=1S/C19H27N3O/c1-6-18(16-11-9-8-10-12-16)22(7-2)19(23)13-17-14(3)20-21(5)15(17)4/h8-12,18H,6-7,13H2,1-5H3/t18-/m0/s1. The van der Waals surface area contributed by atoms with Gasteiger partial charge in [-0.2, -0.15) is 5.10 Å². The molecular formula is C19H27N3O. The van der Waals surface area contributed by atoms with Crippen LogP contribution in [-0.4, -0.2) is 27.1 Å². The molecule has 0 bridgehead atoms. The van der Waals surface area contributed by atoms with E-state index in [4.69, 9.17) is 0 Å². The summed E-state index contributed by atoms with van der Waals surface area (Å²) in [5.74, 6) is 0.169. The van der Waals surface area contributed by atoms with Crippen molar-refractivity contribution < 1.29 is 4.79 Å². The Kier molecular flexibility index (Phi) is 5.59. The lowest BCUT2D eigenvalue weighted by Crippen LogP contribution is -2.35. The van der Waals surface area contributed by atoms with Crippen molar-refractivity contribution in [3.05, 3.63) is 52.8 Å².